The molecular weight excluding hydrogens is 384 g/mol. The molecule has 0 aromatic heterocycles. The van der Waals surface area contributed by atoms with Gasteiger partial charge in [0.25, 0.3) is 0 Å². The first-order valence-electron chi connectivity index (χ1n) is 11.8. The van der Waals surface area contributed by atoms with Crippen LogP contribution in [0.1, 0.15) is 24.8 Å². The monoisotopic (exact) mass is 422 g/mol. The first-order valence-corrected chi connectivity index (χ1v) is 11.8. The minimum atomic E-state index is 0.280. The van der Waals surface area contributed by atoms with E-state index < -0.39 is 0 Å². The molecule has 4 rings (SSSR count). The van der Waals surface area contributed by atoms with Crippen LogP contribution in [0.5, 0.6) is 0 Å². The fourth-order valence-corrected chi connectivity index (χ4v) is 5.17. The number of para-hydroxylation sites is 1. The molecule has 2 aliphatic rings. The number of benzene rings is 2. The van der Waals surface area contributed by atoms with Crippen LogP contribution in [0.25, 0.3) is 0 Å². The molecule has 168 valence electrons. The predicted molar refractivity (Wildman–Crippen MR) is 129 cm³/mol. The lowest BCUT2D eigenvalue weighted by molar-refractivity contribution is 0.00600. The van der Waals surface area contributed by atoms with Crippen LogP contribution in [0.2, 0.25) is 0 Å². The van der Waals surface area contributed by atoms with Crippen LogP contribution in [0.15, 0.2) is 54.6 Å². The number of hydrogen-bond acceptors (Lipinski definition) is 5. The van der Waals surface area contributed by atoms with Gasteiger partial charge in [0.15, 0.2) is 0 Å². The zero-order chi connectivity index (χ0) is 21.6. The summed E-state index contributed by atoms with van der Waals surface area (Å²) >= 11 is 0. The average Bonchev–Trinajstić information content (AvgIpc) is 2.81. The fraction of sp³-hybridized carbons (Fsp3) is 0.538. The Morgan fingerprint density at radius 2 is 1.58 bits per heavy atom. The van der Waals surface area contributed by atoms with Crippen molar-refractivity contribution in [2.75, 3.05) is 58.3 Å². The summed E-state index contributed by atoms with van der Waals surface area (Å²) in [6.45, 7) is 6.94. The van der Waals surface area contributed by atoms with Gasteiger partial charge >= 0.3 is 0 Å². The fourth-order valence-electron chi connectivity index (χ4n) is 5.17. The molecule has 0 radical (unpaired) electrons. The molecule has 0 aliphatic carbocycles. The Morgan fingerprint density at radius 1 is 0.903 bits per heavy atom. The molecule has 2 aromatic rings. The van der Waals surface area contributed by atoms with Gasteiger partial charge < -0.3 is 14.9 Å². The van der Waals surface area contributed by atoms with Crippen LogP contribution in [-0.2, 0) is 6.54 Å². The summed E-state index contributed by atoms with van der Waals surface area (Å²) in [7, 11) is 4.34. The summed E-state index contributed by atoms with van der Waals surface area (Å²) in [5.74, 6) is 0. The van der Waals surface area contributed by atoms with Crippen molar-refractivity contribution in [3.05, 3.63) is 60.2 Å². The Labute approximate surface area is 187 Å². The second-order valence-electron chi connectivity index (χ2n) is 9.23. The summed E-state index contributed by atoms with van der Waals surface area (Å²) in [6, 6.07) is 20.6. The van der Waals surface area contributed by atoms with E-state index in [0.29, 0.717) is 12.1 Å². The molecule has 1 atom stereocenters. The first-order chi connectivity index (χ1) is 15.1. The normalized spacial score (nSPS) is 22.0. The van der Waals surface area contributed by atoms with E-state index in [1.807, 2.05) is 0 Å². The number of hydrogen-bond donors (Lipinski definition) is 1. The van der Waals surface area contributed by atoms with Crippen LogP contribution >= 0.6 is 0 Å². The molecule has 1 N–H and O–H groups in total. The Morgan fingerprint density at radius 3 is 2.26 bits per heavy atom. The smallest absolute Gasteiger partial charge is 0.0446 e. The van der Waals surface area contributed by atoms with Gasteiger partial charge in [0.05, 0.1) is 0 Å². The molecule has 2 aliphatic heterocycles. The molecule has 5 heteroatoms. The highest BCUT2D eigenvalue weighted by Gasteiger charge is 2.32. The zero-order valence-corrected chi connectivity index (χ0v) is 19.2. The molecule has 0 saturated carbocycles. The Hall–Kier alpha value is -1.92. The largest absolute Gasteiger partial charge is 0.396 e. The highest BCUT2D eigenvalue weighted by atomic mass is 16.3. The van der Waals surface area contributed by atoms with Crippen molar-refractivity contribution in [3.63, 3.8) is 0 Å². The van der Waals surface area contributed by atoms with E-state index in [1.165, 1.54) is 42.9 Å². The maximum Gasteiger partial charge on any atom is 0.0446 e. The van der Waals surface area contributed by atoms with E-state index in [9.17, 15) is 5.11 Å². The van der Waals surface area contributed by atoms with Gasteiger partial charge in [-0.05, 0) is 69.2 Å². The number of piperazine rings is 1. The molecule has 2 aromatic carbocycles. The van der Waals surface area contributed by atoms with Crippen LogP contribution in [0.4, 0.5) is 11.4 Å². The van der Waals surface area contributed by atoms with Gasteiger partial charge in [-0.1, -0.05) is 30.3 Å². The predicted octanol–water partition coefficient (Wildman–Crippen LogP) is 3.42. The number of nitrogens with zero attached hydrogens (tertiary/aromatic N) is 4. The lowest BCUT2D eigenvalue weighted by atomic mass is 9.98. The summed E-state index contributed by atoms with van der Waals surface area (Å²) in [5, 5.41) is 9.67. The highest BCUT2D eigenvalue weighted by Crippen LogP contribution is 2.26. The summed E-state index contributed by atoms with van der Waals surface area (Å²) in [5.41, 5.74) is 3.77. The van der Waals surface area contributed by atoms with E-state index >= 15 is 0 Å². The van der Waals surface area contributed by atoms with Crippen molar-refractivity contribution in [3.8, 4) is 0 Å². The maximum atomic E-state index is 9.67. The lowest BCUT2D eigenvalue weighted by Gasteiger charge is -2.47. The molecule has 0 unspecified atom stereocenters. The van der Waals surface area contributed by atoms with Gasteiger partial charge in [-0.3, -0.25) is 9.80 Å². The van der Waals surface area contributed by atoms with Gasteiger partial charge in [-0.2, -0.15) is 0 Å². The van der Waals surface area contributed by atoms with Crippen molar-refractivity contribution < 1.29 is 5.11 Å². The van der Waals surface area contributed by atoms with Crippen LogP contribution in [0, 0.1) is 0 Å². The summed E-state index contributed by atoms with van der Waals surface area (Å²) in [6.07, 6.45) is 3.40. The Kier molecular flexibility index (Phi) is 7.62. The molecule has 2 saturated heterocycles. The number of anilines is 2. The minimum absolute atomic E-state index is 0.280. The van der Waals surface area contributed by atoms with Crippen molar-refractivity contribution in [2.45, 2.75) is 37.9 Å². The van der Waals surface area contributed by atoms with Crippen LogP contribution in [-0.4, -0.2) is 85.3 Å². The van der Waals surface area contributed by atoms with Gasteiger partial charge in [0.1, 0.15) is 0 Å². The van der Waals surface area contributed by atoms with Gasteiger partial charge in [-0.25, -0.2) is 0 Å². The lowest BCUT2D eigenvalue weighted by Crippen LogP contribution is -2.58. The third-order valence-corrected chi connectivity index (χ3v) is 7.11. The van der Waals surface area contributed by atoms with Gasteiger partial charge in [0.2, 0.25) is 0 Å². The topological polar surface area (TPSA) is 33.2 Å². The summed E-state index contributed by atoms with van der Waals surface area (Å²) < 4.78 is 0. The zero-order valence-electron chi connectivity index (χ0n) is 19.2. The number of piperidine rings is 1. The van der Waals surface area contributed by atoms with Gasteiger partial charge in [-0.15, -0.1) is 0 Å². The van der Waals surface area contributed by atoms with E-state index in [4.69, 9.17) is 0 Å². The standard InChI is InChI=1S/C26H38N4O/c1-27-15-12-25(13-16-27)30-18-17-29(21-26(30)14-19-31)20-22-8-10-24(11-9-22)28(2)23-6-4-3-5-7-23/h3-11,25-26,31H,12-21H2,1-2H3/t26-/m0/s1. The Balaban J connectivity index is 1.35. The Bertz CT molecular complexity index is 789. The number of likely N-dealkylation sites (tertiary alicyclic amines) is 1. The van der Waals surface area contributed by atoms with Crippen LogP contribution < -0.4 is 4.90 Å². The van der Waals surface area contributed by atoms with E-state index in [-0.39, 0.29) is 6.61 Å². The van der Waals surface area contributed by atoms with E-state index in [0.717, 1.165) is 32.6 Å². The second kappa shape index (κ2) is 10.6. The first kappa shape index (κ1) is 22.3. The third-order valence-electron chi connectivity index (χ3n) is 7.11. The minimum Gasteiger partial charge on any atom is -0.396 e. The van der Waals surface area contributed by atoms with Crippen molar-refractivity contribution in [1.29, 1.82) is 0 Å². The number of aliphatic hydroxyl groups is 1. The highest BCUT2D eigenvalue weighted by molar-refractivity contribution is 5.62. The van der Waals surface area contributed by atoms with E-state index in [1.54, 1.807) is 0 Å². The molecule has 2 fully saturated rings. The second-order valence-corrected chi connectivity index (χ2v) is 9.23. The quantitative estimate of drug-likeness (QED) is 0.739. The van der Waals surface area contributed by atoms with Crippen LogP contribution in [0.3, 0.4) is 0 Å². The molecule has 0 bridgehead atoms. The molecule has 0 spiro atoms. The van der Waals surface area contributed by atoms with Crippen molar-refractivity contribution in [1.82, 2.24) is 14.7 Å². The van der Waals surface area contributed by atoms with Crippen molar-refractivity contribution >= 4 is 11.4 Å². The van der Waals surface area contributed by atoms with E-state index in [2.05, 4.69) is 88.3 Å². The molecule has 5 nitrogen and oxygen atoms in total. The third kappa shape index (κ3) is 5.66. The number of aliphatic hydroxyl groups excluding tert-OH is 1. The molecule has 0 amide bonds. The molecule has 31 heavy (non-hydrogen) atoms. The molecular formula is C26H38N4O. The molecule has 2 heterocycles. The SMILES string of the molecule is CN1CCC(N2CCN(Cc3ccc(N(C)c4ccccc4)cc3)C[C@@H]2CCO)CC1. The van der Waals surface area contributed by atoms with Gasteiger partial charge in [0, 0.05) is 63.3 Å². The number of rotatable bonds is 7. The van der Waals surface area contributed by atoms with Crippen molar-refractivity contribution in [2.24, 2.45) is 0 Å². The summed E-state index contributed by atoms with van der Waals surface area (Å²) in [4.78, 5) is 9.94. The maximum absolute atomic E-state index is 9.67. The average molecular weight is 423 g/mol.